The zero-order chi connectivity index (χ0) is 14.2. The predicted molar refractivity (Wildman–Crippen MR) is 83.2 cm³/mol. The molecule has 1 amide bonds. The molecule has 2 aromatic rings. The molecule has 2 aromatic carbocycles. The summed E-state index contributed by atoms with van der Waals surface area (Å²) in [6.07, 6.45) is 0. The first-order chi connectivity index (χ1) is 9.69. The first-order valence-electron chi connectivity index (χ1n) is 6.59. The van der Waals surface area contributed by atoms with E-state index in [1.165, 1.54) is 4.90 Å². The van der Waals surface area contributed by atoms with E-state index in [2.05, 4.69) is 0 Å². The third kappa shape index (κ3) is 2.21. The highest BCUT2D eigenvalue weighted by molar-refractivity contribution is 6.00. The number of halogens is 1. The van der Waals surface area contributed by atoms with E-state index in [9.17, 15) is 9.90 Å². The van der Waals surface area contributed by atoms with Crippen LogP contribution in [0.25, 0.3) is 0 Å². The van der Waals surface area contributed by atoms with Crippen molar-refractivity contribution >= 4 is 18.3 Å². The second-order valence-corrected chi connectivity index (χ2v) is 4.83. The Balaban J connectivity index is 0.00000161. The van der Waals surface area contributed by atoms with Crippen LogP contribution in [0.1, 0.15) is 21.5 Å². The number of carbonyl (C=O) groups excluding carboxylic acids is 1. The summed E-state index contributed by atoms with van der Waals surface area (Å²) in [6, 6.07) is 16.4. The second-order valence-electron chi connectivity index (χ2n) is 4.83. The van der Waals surface area contributed by atoms with Crippen molar-refractivity contribution in [1.29, 1.82) is 0 Å². The minimum Gasteiger partial charge on any atom is -0.363 e. The van der Waals surface area contributed by atoms with E-state index in [4.69, 9.17) is 5.73 Å². The Morgan fingerprint density at radius 2 is 1.67 bits per heavy atom. The molecule has 1 unspecified atom stereocenters. The van der Waals surface area contributed by atoms with E-state index < -0.39 is 5.72 Å². The molecule has 1 aliphatic rings. The maximum atomic E-state index is 12.5. The minimum atomic E-state index is -1.44. The summed E-state index contributed by atoms with van der Waals surface area (Å²) in [7, 11) is 0. The van der Waals surface area contributed by atoms with Gasteiger partial charge >= 0.3 is 0 Å². The fraction of sp³-hybridized carbons (Fsp3) is 0.188. The SMILES string of the molecule is Cl.NCCN1C(=O)c2ccccc2C1(O)c1ccccc1. The van der Waals surface area contributed by atoms with Crippen molar-refractivity contribution in [2.75, 3.05) is 13.1 Å². The number of hydrogen-bond donors (Lipinski definition) is 2. The van der Waals surface area contributed by atoms with Crippen LogP contribution in [0.15, 0.2) is 54.6 Å². The summed E-state index contributed by atoms with van der Waals surface area (Å²) in [5.74, 6) is -0.183. The van der Waals surface area contributed by atoms with Crippen LogP contribution in [0, 0.1) is 0 Å². The molecule has 1 aliphatic heterocycles. The number of hydrogen-bond acceptors (Lipinski definition) is 3. The number of nitrogens with two attached hydrogens (primary N) is 1. The molecule has 1 atom stereocenters. The molecule has 0 aliphatic carbocycles. The summed E-state index contributed by atoms with van der Waals surface area (Å²) in [4.78, 5) is 13.9. The van der Waals surface area contributed by atoms with Crippen molar-refractivity contribution in [3.63, 3.8) is 0 Å². The Labute approximate surface area is 129 Å². The lowest BCUT2D eigenvalue weighted by atomic mass is 9.94. The molecule has 0 saturated carbocycles. The van der Waals surface area contributed by atoms with Gasteiger partial charge in [-0.25, -0.2) is 0 Å². The van der Waals surface area contributed by atoms with Gasteiger partial charge in [-0.1, -0.05) is 48.5 Å². The van der Waals surface area contributed by atoms with Gasteiger partial charge in [-0.15, -0.1) is 12.4 Å². The molecule has 5 heteroatoms. The highest BCUT2D eigenvalue weighted by Crippen LogP contribution is 2.41. The third-order valence-corrected chi connectivity index (χ3v) is 3.70. The highest BCUT2D eigenvalue weighted by Gasteiger charge is 2.49. The van der Waals surface area contributed by atoms with Gasteiger partial charge in [0.2, 0.25) is 0 Å². The summed E-state index contributed by atoms with van der Waals surface area (Å²) in [5.41, 5.74) is 5.99. The molecule has 0 bridgehead atoms. The van der Waals surface area contributed by atoms with E-state index in [0.717, 1.165) is 0 Å². The van der Waals surface area contributed by atoms with Crippen LogP contribution in [0.3, 0.4) is 0 Å². The van der Waals surface area contributed by atoms with Crippen molar-refractivity contribution in [1.82, 2.24) is 4.90 Å². The van der Waals surface area contributed by atoms with Crippen LogP contribution < -0.4 is 5.73 Å². The molecular weight excluding hydrogens is 288 g/mol. The van der Waals surface area contributed by atoms with E-state index in [-0.39, 0.29) is 18.3 Å². The van der Waals surface area contributed by atoms with E-state index >= 15 is 0 Å². The summed E-state index contributed by atoms with van der Waals surface area (Å²) < 4.78 is 0. The minimum absolute atomic E-state index is 0. The number of fused-ring (bicyclic) bond motifs is 1. The normalized spacial score (nSPS) is 20.1. The first kappa shape index (κ1) is 15.5. The molecule has 0 aromatic heterocycles. The predicted octanol–water partition coefficient (Wildman–Crippen LogP) is 1.72. The van der Waals surface area contributed by atoms with Crippen LogP contribution in [0.2, 0.25) is 0 Å². The van der Waals surface area contributed by atoms with Crippen LogP contribution in [-0.2, 0) is 5.72 Å². The van der Waals surface area contributed by atoms with E-state index in [1.807, 2.05) is 36.4 Å². The summed E-state index contributed by atoms with van der Waals surface area (Å²) in [5, 5.41) is 11.2. The van der Waals surface area contributed by atoms with E-state index in [1.54, 1.807) is 18.2 Å². The first-order valence-corrected chi connectivity index (χ1v) is 6.59. The maximum Gasteiger partial charge on any atom is 0.257 e. The third-order valence-electron chi connectivity index (χ3n) is 3.70. The Hall–Kier alpha value is -1.88. The quantitative estimate of drug-likeness (QED) is 0.907. The topological polar surface area (TPSA) is 66.6 Å². The number of benzene rings is 2. The van der Waals surface area contributed by atoms with Gasteiger partial charge in [0.25, 0.3) is 5.91 Å². The molecule has 0 saturated heterocycles. The smallest absolute Gasteiger partial charge is 0.257 e. The molecular formula is C16H17ClN2O2. The zero-order valence-corrected chi connectivity index (χ0v) is 12.2. The van der Waals surface area contributed by atoms with Crippen LogP contribution in [-0.4, -0.2) is 29.0 Å². The fourth-order valence-corrected chi connectivity index (χ4v) is 2.79. The van der Waals surface area contributed by atoms with Gasteiger partial charge in [0.05, 0.1) is 0 Å². The van der Waals surface area contributed by atoms with Gasteiger partial charge in [-0.2, -0.15) is 0 Å². The number of amides is 1. The fourth-order valence-electron chi connectivity index (χ4n) is 2.79. The Morgan fingerprint density at radius 3 is 2.33 bits per heavy atom. The molecule has 0 spiro atoms. The Bertz CT molecular complexity index is 648. The second kappa shape index (κ2) is 5.85. The van der Waals surface area contributed by atoms with Gasteiger partial charge < -0.3 is 15.7 Å². The molecule has 0 radical (unpaired) electrons. The number of rotatable bonds is 3. The largest absolute Gasteiger partial charge is 0.363 e. The average Bonchev–Trinajstić information content (AvgIpc) is 2.72. The van der Waals surface area contributed by atoms with Crippen molar-refractivity contribution in [2.24, 2.45) is 5.73 Å². The lowest BCUT2D eigenvalue weighted by molar-refractivity contribution is -0.0484. The summed E-state index contributed by atoms with van der Waals surface area (Å²) >= 11 is 0. The molecule has 3 rings (SSSR count). The van der Waals surface area contributed by atoms with Crippen molar-refractivity contribution in [2.45, 2.75) is 5.72 Å². The lowest BCUT2D eigenvalue weighted by Crippen LogP contribution is -2.46. The van der Waals surface area contributed by atoms with Gasteiger partial charge in [-0.3, -0.25) is 4.79 Å². The van der Waals surface area contributed by atoms with Gasteiger partial charge in [0.1, 0.15) is 0 Å². The standard InChI is InChI=1S/C16H16N2O2.ClH/c17-10-11-18-15(19)13-8-4-5-9-14(13)16(18,20)12-6-2-1-3-7-12;/h1-9,20H,10-11,17H2;1H. The van der Waals surface area contributed by atoms with Crippen molar-refractivity contribution in [3.05, 3.63) is 71.3 Å². The Kier molecular flexibility index (Phi) is 4.32. The van der Waals surface area contributed by atoms with Crippen LogP contribution in [0.4, 0.5) is 0 Å². The Morgan fingerprint density at radius 1 is 1.05 bits per heavy atom. The van der Waals surface area contributed by atoms with Gasteiger partial charge in [-0.05, 0) is 6.07 Å². The molecule has 3 N–H and O–H groups in total. The number of nitrogens with zero attached hydrogens (tertiary/aromatic N) is 1. The average molecular weight is 305 g/mol. The molecule has 0 fully saturated rings. The summed E-state index contributed by atoms with van der Waals surface area (Å²) in [6.45, 7) is 0.605. The highest BCUT2D eigenvalue weighted by atomic mass is 35.5. The van der Waals surface area contributed by atoms with Crippen LogP contribution >= 0.6 is 12.4 Å². The molecule has 110 valence electrons. The van der Waals surface area contributed by atoms with E-state index in [0.29, 0.717) is 29.8 Å². The lowest BCUT2D eigenvalue weighted by Gasteiger charge is -2.34. The zero-order valence-electron chi connectivity index (χ0n) is 11.4. The molecule has 21 heavy (non-hydrogen) atoms. The monoisotopic (exact) mass is 304 g/mol. The van der Waals surface area contributed by atoms with Gasteiger partial charge in [0.15, 0.2) is 5.72 Å². The number of carbonyl (C=O) groups is 1. The van der Waals surface area contributed by atoms with Crippen molar-refractivity contribution < 1.29 is 9.90 Å². The number of aliphatic hydroxyl groups is 1. The molecule has 1 heterocycles. The van der Waals surface area contributed by atoms with Gasteiger partial charge in [0, 0.05) is 29.8 Å². The van der Waals surface area contributed by atoms with Crippen LogP contribution in [0.5, 0.6) is 0 Å². The van der Waals surface area contributed by atoms with Crippen molar-refractivity contribution in [3.8, 4) is 0 Å². The molecule has 4 nitrogen and oxygen atoms in total. The maximum absolute atomic E-state index is 12.5.